The van der Waals surface area contributed by atoms with Crippen molar-refractivity contribution in [2.75, 3.05) is 13.2 Å². The van der Waals surface area contributed by atoms with Gasteiger partial charge in [0.1, 0.15) is 104 Å². The van der Waals surface area contributed by atoms with Gasteiger partial charge >= 0.3 is 15.6 Å². The van der Waals surface area contributed by atoms with E-state index >= 15 is 0 Å². The van der Waals surface area contributed by atoms with Gasteiger partial charge in [0.05, 0.1) is 25.4 Å². The van der Waals surface area contributed by atoms with Crippen molar-refractivity contribution < 1.29 is 123 Å². The number of phosphoric acid groups is 2. The molecule has 3 aliphatic rings. The SMILES string of the molecule is CCCCCCCCCCCCCCCCCCCCCCCCC(O)C(=O)N[C@@H](COP(=O)(O)O[C@H]1C(O)C(O)C(O)[C@@H](O)C1O[C@H]1O[C@H](COP(=O)(O)OC2C(O)C(O)C(O)[C@@H](O)C2O)[C@@H](O)C(O)C1O)[C@H](O)CCCCCCCCCCCCCCCCC. The number of hydrogen-bond acceptors (Lipinski definition) is 23. The van der Waals surface area contributed by atoms with Crippen LogP contribution in [0.25, 0.3) is 0 Å². The first-order chi connectivity index (χ1) is 43.9. The number of carbonyl (C=O) groups is 1. The summed E-state index contributed by atoms with van der Waals surface area (Å²) < 4.78 is 58.0. The fraction of sp³-hybridized carbons (Fsp3) is 0.984. The second-order valence-electron chi connectivity index (χ2n) is 26.3. The van der Waals surface area contributed by atoms with Crippen LogP contribution >= 0.6 is 15.6 Å². The Morgan fingerprint density at radius 1 is 0.391 bits per heavy atom. The van der Waals surface area contributed by atoms with E-state index in [4.69, 9.17) is 27.6 Å². The molecule has 0 bridgehead atoms. The standard InChI is InChI=1S/C64H125NO25P2/c1-3-5-7-9-11-13-15-17-19-20-21-22-23-24-25-27-29-31-33-35-37-39-41-46(67)63(80)65-44(45(66)40-38-36-34-32-30-28-26-18-16-14-12-10-8-6-4-2)42-85-91(81,82)90-62-58(78)54(74)53(73)57(77)61(62)88-64-59(79)49(69)48(68)47(87-64)43-86-92(83,84)89-60-55(75)51(71)50(70)52(72)56(60)76/h44-62,64,66-79H,3-43H2,1-2H3,(H,65,80)(H,81,82)(H,83,84)/t44-,45+,46?,47+,48+,49?,50?,51+,52?,53?,54?,55?,56?,57+,58?,59?,60?,61?,62-,64+/m0/s1. The molecule has 3 fully saturated rings. The average Bonchev–Trinajstić information content (AvgIpc) is 0.795. The van der Waals surface area contributed by atoms with Gasteiger partial charge in [-0.1, -0.05) is 251 Å². The van der Waals surface area contributed by atoms with Crippen LogP contribution in [0.1, 0.15) is 264 Å². The van der Waals surface area contributed by atoms with E-state index in [1.54, 1.807) is 0 Å². The molecule has 3 rings (SSSR count). The minimum absolute atomic E-state index is 0.104. The first kappa shape index (κ1) is 85.3. The van der Waals surface area contributed by atoms with Crippen LogP contribution in [0.5, 0.6) is 0 Å². The van der Waals surface area contributed by atoms with E-state index in [2.05, 4.69) is 19.2 Å². The quantitative estimate of drug-likeness (QED) is 0.0248. The number of carbonyl (C=O) groups excluding carboxylic acids is 1. The van der Waals surface area contributed by atoms with Crippen molar-refractivity contribution >= 4 is 21.6 Å². The van der Waals surface area contributed by atoms with Gasteiger partial charge in [-0.25, -0.2) is 9.13 Å². The number of amides is 1. The molecule has 14 unspecified atom stereocenters. The summed E-state index contributed by atoms with van der Waals surface area (Å²) in [6.45, 7) is 2.29. The Kier molecular flexibility index (Phi) is 44.4. The van der Waals surface area contributed by atoms with Crippen molar-refractivity contribution in [2.24, 2.45) is 0 Å². The van der Waals surface area contributed by atoms with Crippen LogP contribution < -0.4 is 5.32 Å². The number of unbranched alkanes of at least 4 members (excludes halogenated alkanes) is 35. The zero-order chi connectivity index (χ0) is 68.1. The number of aliphatic hydroxyl groups is 14. The number of rotatable bonds is 54. The molecule has 1 aliphatic heterocycles. The fourth-order valence-electron chi connectivity index (χ4n) is 12.3. The summed E-state index contributed by atoms with van der Waals surface area (Å²) in [6, 6.07) is -1.42. The van der Waals surface area contributed by atoms with Crippen LogP contribution in [0.2, 0.25) is 0 Å². The molecule has 0 radical (unpaired) electrons. The summed E-state index contributed by atoms with van der Waals surface area (Å²) in [7, 11) is -11.1. The maximum atomic E-state index is 13.8. The molecule has 1 amide bonds. The van der Waals surface area contributed by atoms with Gasteiger partial charge < -0.3 is 96.1 Å². The van der Waals surface area contributed by atoms with Gasteiger partial charge in [-0.2, -0.15) is 0 Å². The molecule has 28 heteroatoms. The molecule has 0 aromatic heterocycles. The zero-order valence-electron chi connectivity index (χ0n) is 55.3. The van der Waals surface area contributed by atoms with Crippen LogP contribution in [0, 0.1) is 0 Å². The highest BCUT2D eigenvalue weighted by Crippen LogP contribution is 2.49. The summed E-state index contributed by atoms with van der Waals surface area (Å²) in [5.41, 5.74) is 0. The molecular formula is C64H125NO25P2. The average molecular weight is 1370 g/mol. The molecule has 546 valence electrons. The maximum absolute atomic E-state index is 13.8. The molecule has 0 aromatic carbocycles. The first-order valence-corrected chi connectivity index (χ1v) is 38.3. The third-order valence-corrected chi connectivity index (χ3v) is 20.4. The van der Waals surface area contributed by atoms with Gasteiger partial charge in [-0.05, 0) is 12.8 Å². The van der Waals surface area contributed by atoms with Crippen molar-refractivity contribution in [2.45, 2.75) is 386 Å². The molecule has 26 nitrogen and oxygen atoms in total. The normalized spacial score (nSPS) is 31.0. The zero-order valence-corrected chi connectivity index (χ0v) is 57.1. The van der Waals surface area contributed by atoms with E-state index < -0.39 is 157 Å². The highest BCUT2D eigenvalue weighted by atomic mass is 31.2. The van der Waals surface area contributed by atoms with E-state index in [0.29, 0.717) is 12.8 Å². The molecular weight excluding hydrogens is 1240 g/mol. The van der Waals surface area contributed by atoms with E-state index in [-0.39, 0.29) is 12.8 Å². The molecule has 0 aromatic rings. The van der Waals surface area contributed by atoms with Crippen LogP contribution in [0.15, 0.2) is 0 Å². The summed E-state index contributed by atoms with van der Waals surface area (Å²) >= 11 is 0. The number of ether oxygens (including phenoxy) is 2. The number of nitrogens with one attached hydrogen (secondary N) is 1. The summed E-state index contributed by atoms with van der Waals surface area (Å²) in [6.07, 6.45) is 2.49. The number of phosphoric ester groups is 2. The van der Waals surface area contributed by atoms with Gasteiger partial charge in [-0.15, -0.1) is 0 Å². The van der Waals surface area contributed by atoms with Crippen molar-refractivity contribution in [3.63, 3.8) is 0 Å². The second-order valence-corrected chi connectivity index (χ2v) is 29.2. The third-order valence-electron chi connectivity index (χ3n) is 18.4. The Labute approximate surface area is 547 Å². The number of hydrogen-bond donors (Lipinski definition) is 17. The lowest BCUT2D eigenvalue weighted by atomic mass is 9.84. The Bertz CT molecular complexity index is 1960. The third kappa shape index (κ3) is 32.4. The minimum atomic E-state index is -5.59. The smallest absolute Gasteiger partial charge is 0.391 e. The van der Waals surface area contributed by atoms with Gasteiger partial charge in [0.2, 0.25) is 5.91 Å². The predicted molar refractivity (Wildman–Crippen MR) is 342 cm³/mol. The highest BCUT2D eigenvalue weighted by Gasteiger charge is 2.56. The van der Waals surface area contributed by atoms with Gasteiger partial charge in [0.25, 0.3) is 0 Å². The second kappa shape index (κ2) is 47.9. The topological polar surface area (TPSA) is 442 Å². The molecule has 2 aliphatic carbocycles. The molecule has 1 saturated heterocycles. The fourth-order valence-corrected chi connectivity index (χ4v) is 14.3. The van der Waals surface area contributed by atoms with Crippen LogP contribution in [-0.2, 0) is 41.5 Å². The summed E-state index contributed by atoms with van der Waals surface area (Å²) in [5.74, 6) is -0.874. The Morgan fingerprint density at radius 2 is 0.696 bits per heavy atom. The monoisotopic (exact) mass is 1370 g/mol. The van der Waals surface area contributed by atoms with Crippen molar-refractivity contribution in [3.05, 3.63) is 0 Å². The Hall–Kier alpha value is -0.950. The highest BCUT2D eigenvalue weighted by molar-refractivity contribution is 7.47. The Morgan fingerprint density at radius 3 is 1.09 bits per heavy atom. The van der Waals surface area contributed by atoms with E-state index in [1.807, 2.05) is 0 Å². The minimum Gasteiger partial charge on any atom is -0.391 e. The molecule has 0 spiro atoms. The molecule has 1 heterocycles. The summed E-state index contributed by atoms with van der Waals surface area (Å²) in [5, 5.41) is 151. The van der Waals surface area contributed by atoms with Crippen LogP contribution in [0.4, 0.5) is 0 Å². The maximum Gasteiger partial charge on any atom is 0.472 e. The molecule has 2 saturated carbocycles. The van der Waals surface area contributed by atoms with Crippen molar-refractivity contribution in [1.82, 2.24) is 5.32 Å². The summed E-state index contributed by atoms with van der Waals surface area (Å²) in [4.78, 5) is 35.1. The molecule has 92 heavy (non-hydrogen) atoms. The largest absolute Gasteiger partial charge is 0.472 e. The lowest BCUT2D eigenvalue weighted by Crippen LogP contribution is -2.67. The van der Waals surface area contributed by atoms with Crippen molar-refractivity contribution in [3.8, 4) is 0 Å². The molecule has 17 N–H and O–H groups in total. The van der Waals surface area contributed by atoms with E-state index in [1.165, 1.54) is 161 Å². The van der Waals surface area contributed by atoms with Gasteiger partial charge in [-0.3, -0.25) is 22.9 Å². The predicted octanol–water partition coefficient (Wildman–Crippen LogP) is 5.92. The van der Waals surface area contributed by atoms with E-state index in [0.717, 1.165) is 64.2 Å². The lowest BCUT2D eigenvalue weighted by Gasteiger charge is -2.47. The van der Waals surface area contributed by atoms with Gasteiger partial charge in [0.15, 0.2) is 6.29 Å². The van der Waals surface area contributed by atoms with Gasteiger partial charge in [0, 0.05) is 0 Å². The van der Waals surface area contributed by atoms with Crippen molar-refractivity contribution in [1.29, 1.82) is 0 Å². The van der Waals surface area contributed by atoms with Crippen LogP contribution in [-0.4, -0.2) is 223 Å². The van der Waals surface area contributed by atoms with E-state index in [9.17, 15) is 95.2 Å². The molecule has 22 atom stereocenters. The first-order valence-electron chi connectivity index (χ1n) is 35.3. The number of aliphatic hydroxyl groups excluding tert-OH is 14. The Balaban J connectivity index is 1.56. The van der Waals surface area contributed by atoms with Crippen LogP contribution in [0.3, 0.4) is 0 Å². The lowest BCUT2D eigenvalue weighted by molar-refractivity contribution is -0.337.